The Kier molecular flexibility index (Phi) is 5.51. The van der Waals surface area contributed by atoms with E-state index in [4.69, 9.17) is 10.5 Å². The molecule has 0 spiro atoms. The van der Waals surface area contributed by atoms with Crippen LogP contribution in [0.3, 0.4) is 0 Å². The molecule has 0 aliphatic rings. The number of hydrogen-bond acceptors (Lipinski definition) is 4. The number of nitrogen functional groups attached to an aromatic ring is 1. The third-order valence-electron chi connectivity index (χ3n) is 2.89. The highest BCUT2D eigenvalue weighted by atomic mass is 32.2. The van der Waals surface area contributed by atoms with E-state index in [1.807, 2.05) is 18.2 Å². The maximum Gasteiger partial charge on any atom is 0.251 e. The number of thioether (sulfide) groups is 1. The minimum absolute atomic E-state index is 0.127. The predicted molar refractivity (Wildman–Crippen MR) is 86.9 cm³/mol. The normalized spacial score (nSPS) is 10.1. The number of anilines is 1. The van der Waals surface area contributed by atoms with Gasteiger partial charge >= 0.3 is 0 Å². The summed E-state index contributed by atoms with van der Waals surface area (Å²) in [5, 5.41) is 2.88. The van der Waals surface area contributed by atoms with Crippen LogP contribution in [-0.4, -0.2) is 25.3 Å². The minimum Gasteiger partial charge on any atom is -0.495 e. The molecular formula is C16H18N2O2S. The summed E-state index contributed by atoms with van der Waals surface area (Å²) in [6.07, 6.45) is 0. The van der Waals surface area contributed by atoms with Gasteiger partial charge in [0.15, 0.2) is 0 Å². The number of rotatable bonds is 6. The number of carbonyl (C=O) groups is 1. The van der Waals surface area contributed by atoms with E-state index in [1.165, 1.54) is 4.90 Å². The third-order valence-corrected chi connectivity index (χ3v) is 3.91. The van der Waals surface area contributed by atoms with Crippen LogP contribution in [0.4, 0.5) is 5.69 Å². The van der Waals surface area contributed by atoms with Gasteiger partial charge in [0.1, 0.15) is 5.75 Å². The summed E-state index contributed by atoms with van der Waals surface area (Å²) in [6.45, 7) is 0.602. The summed E-state index contributed by atoms with van der Waals surface area (Å²) in [4.78, 5) is 13.2. The lowest BCUT2D eigenvalue weighted by Gasteiger charge is -2.08. The highest BCUT2D eigenvalue weighted by Gasteiger charge is 2.07. The Morgan fingerprint density at radius 3 is 2.67 bits per heavy atom. The first kappa shape index (κ1) is 15.3. The molecule has 21 heavy (non-hydrogen) atoms. The zero-order chi connectivity index (χ0) is 15.1. The molecule has 0 saturated carbocycles. The van der Waals surface area contributed by atoms with E-state index in [1.54, 1.807) is 37.1 Å². The van der Waals surface area contributed by atoms with Crippen molar-refractivity contribution in [3.05, 3.63) is 54.1 Å². The fraction of sp³-hybridized carbons (Fsp3) is 0.188. The second-order valence-corrected chi connectivity index (χ2v) is 5.54. The average Bonchev–Trinajstić information content (AvgIpc) is 2.52. The zero-order valence-electron chi connectivity index (χ0n) is 11.8. The molecule has 0 fully saturated rings. The Morgan fingerprint density at radius 1 is 1.24 bits per heavy atom. The van der Waals surface area contributed by atoms with Crippen molar-refractivity contribution in [2.75, 3.05) is 25.1 Å². The van der Waals surface area contributed by atoms with Crippen molar-refractivity contribution in [3.8, 4) is 5.75 Å². The number of hydrogen-bond donors (Lipinski definition) is 2. The number of nitrogens with two attached hydrogens (primary N) is 1. The fourth-order valence-electron chi connectivity index (χ4n) is 1.83. The summed E-state index contributed by atoms with van der Waals surface area (Å²) < 4.78 is 5.07. The van der Waals surface area contributed by atoms with Crippen LogP contribution in [0.5, 0.6) is 5.75 Å². The van der Waals surface area contributed by atoms with Crippen LogP contribution < -0.4 is 15.8 Å². The van der Waals surface area contributed by atoms with Gasteiger partial charge in [-0.1, -0.05) is 18.2 Å². The molecule has 0 unspecified atom stereocenters. The van der Waals surface area contributed by atoms with Gasteiger partial charge < -0.3 is 15.8 Å². The van der Waals surface area contributed by atoms with Gasteiger partial charge in [-0.05, 0) is 30.3 Å². The molecule has 2 aromatic rings. The van der Waals surface area contributed by atoms with Gasteiger partial charge in [0.25, 0.3) is 5.91 Å². The predicted octanol–water partition coefficient (Wildman–Crippen LogP) is 2.80. The molecule has 0 aromatic heterocycles. The van der Waals surface area contributed by atoms with E-state index >= 15 is 0 Å². The number of amides is 1. The van der Waals surface area contributed by atoms with Crippen molar-refractivity contribution in [2.45, 2.75) is 4.90 Å². The molecule has 0 aliphatic carbocycles. The molecule has 3 N–H and O–H groups in total. The monoisotopic (exact) mass is 302 g/mol. The fourth-order valence-corrected chi connectivity index (χ4v) is 2.62. The SMILES string of the molecule is COc1ccc(C(=O)NCCSc2ccccc2)cc1N. The van der Waals surface area contributed by atoms with Gasteiger partial charge in [-0.25, -0.2) is 0 Å². The molecule has 4 nitrogen and oxygen atoms in total. The zero-order valence-corrected chi connectivity index (χ0v) is 12.7. The largest absolute Gasteiger partial charge is 0.495 e. The highest BCUT2D eigenvalue weighted by Crippen LogP contribution is 2.21. The molecule has 0 bridgehead atoms. The molecular weight excluding hydrogens is 284 g/mol. The van der Waals surface area contributed by atoms with Gasteiger partial charge in [-0.2, -0.15) is 0 Å². The van der Waals surface area contributed by atoms with E-state index < -0.39 is 0 Å². The second kappa shape index (κ2) is 7.59. The van der Waals surface area contributed by atoms with Crippen LogP contribution in [0.2, 0.25) is 0 Å². The van der Waals surface area contributed by atoms with Crippen LogP contribution in [0.25, 0.3) is 0 Å². The topological polar surface area (TPSA) is 64.3 Å². The Balaban J connectivity index is 1.80. The first-order chi connectivity index (χ1) is 10.2. The van der Waals surface area contributed by atoms with E-state index in [2.05, 4.69) is 17.4 Å². The van der Waals surface area contributed by atoms with Crippen molar-refractivity contribution < 1.29 is 9.53 Å². The number of ether oxygens (including phenoxy) is 1. The van der Waals surface area contributed by atoms with Crippen molar-refractivity contribution in [2.24, 2.45) is 0 Å². The van der Waals surface area contributed by atoms with Crippen molar-refractivity contribution in [3.63, 3.8) is 0 Å². The highest BCUT2D eigenvalue weighted by molar-refractivity contribution is 7.99. The molecule has 110 valence electrons. The van der Waals surface area contributed by atoms with Crippen molar-refractivity contribution in [1.29, 1.82) is 0 Å². The summed E-state index contributed by atoms with van der Waals surface area (Å²) in [5.41, 5.74) is 6.79. The smallest absolute Gasteiger partial charge is 0.251 e. The summed E-state index contributed by atoms with van der Waals surface area (Å²) in [7, 11) is 1.55. The maximum absolute atomic E-state index is 12.0. The molecule has 0 aliphatic heterocycles. The molecule has 0 saturated heterocycles. The van der Waals surface area contributed by atoms with Gasteiger partial charge in [0.05, 0.1) is 12.8 Å². The van der Waals surface area contributed by atoms with Crippen molar-refractivity contribution in [1.82, 2.24) is 5.32 Å². The van der Waals surface area contributed by atoms with Gasteiger partial charge in [-0.15, -0.1) is 11.8 Å². The first-order valence-corrected chi connectivity index (χ1v) is 7.59. The second-order valence-electron chi connectivity index (χ2n) is 4.37. The van der Waals surface area contributed by atoms with Gasteiger partial charge in [-0.3, -0.25) is 4.79 Å². The Morgan fingerprint density at radius 2 is 2.00 bits per heavy atom. The third kappa shape index (κ3) is 4.43. The van der Waals surface area contributed by atoms with Gasteiger partial charge in [0, 0.05) is 22.8 Å². The van der Waals surface area contributed by atoms with Crippen molar-refractivity contribution >= 4 is 23.4 Å². The molecule has 0 radical (unpaired) electrons. The molecule has 5 heteroatoms. The van der Waals surface area contributed by atoms with Crippen LogP contribution in [0.15, 0.2) is 53.4 Å². The summed E-state index contributed by atoms with van der Waals surface area (Å²) in [5.74, 6) is 1.27. The lowest BCUT2D eigenvalue weighted by Crippen LogP contribution is -2.25. The van der Waals surface area contributed by atoms with Crippen LogP contribution in [0.1, 0.15) is 10.4 Å². The summed E-state index contributed by atoms with van der Waals surface area (Å²) >= 11 is 1.71. The Labute approximate surface area is 128 Å². The maximum atomic E-state index is 12.0. The van der Waals surface area contributed by atoms with Crippen LogP contribution >= 0.6 is 11.8 Å². The average molecular weight is 302 g/mol. The van der Waals surface area contributed by atoms with E-state index in [0.717, 1.165) is 5.75 Å². The number of methoxy groups -OCH3 is 1. The number of carbonyl (C=O) groups excluding carboxylic acids is 1. The molecule has 2 rings (SSSR count). The van der Waals surface area contributed by atoms with Crippen LogP contribution in [0, 0.1) is 0 Å². The first-order valence-electron chi connectivity index (χ1n) is 6.60. The lowest BCUT2D eigenvalue weighted by atomic mass is 10.2. The van der Waals surface area contributed by atoms with Gasteiger partial charge in [0.2, 0.25) is 0 Å². The molecule has 0 heterocycles. The number of benzene rings is 2. The Hall–Kier alpha value is -2.14. The molecule has 1 amide bonds. The Bertz CT molecular complexity index is 602. The summed E-state index contributed by atoms with van der Waals surface area (Å²) in [6, 6.07) is 15.1. The quantitative estimate of drug-likeness (QED) is 0.489. The van der Waals surface area contributed by atoms with E-state index in [-0.39, 0.29) is 5.91 Å². The molecule has 2 aromatic carbocycles. The van der Waals surface area contributed by atoms with Crippen LogP contribution in [-0.2, 0) is 0 Å². The number of nitrogens with one attached hydrogen (secondary N) is 1. The lowest BCUT2D eigenvalue weighted by molar-refractivity contribution is 0.0956. The minimum atomic E-state index is -0.127. The molecule has 0 atom stereocenters. The standard InChI is InChI=1S/C16H18N2O2S/c1-20-15-8-7-12(11-14(15)17)16(19)18-9-10-21-13-5-3-2-4-6-13/h2-8,11H,9-10,17H2,1H3,(H,18,19). The van der Waals surface area contributed by atoms with E-state index in [9.17, 15) is 4.79 Å². The van der Waals surface area contributed by atoms with E-state index in [0.29, 0.717) is 23.5 Å².